The average molecular weight is 433 g/mol. The van der Waals surface area contributed by atoms with Crippen molar-refractivity contribution in [3.63, 3.8) is 0 Å². The van der Waals surface area contributed by atoms with Crippen molar-refractivity contribution >= 4 is 30.5 Å². The number of benzene rings is 3. The predicted octanol–water partition coefficient (Wildman–Crippen LogP) is 6.05. The van der Waals surface area contributed by atoms with Crippen molar-refractivity contribution in [1.29, 1.82) is 0 Å². The Bertz CT molecular complexity index is 864. The Morgan fingerprint density at radius 3 is 1.73 bits per heavy atom. The molecule has 0 aliphatic carbocycles. The van der Waals surface area contributed by atoms with Gasteiger partial charge in [-0.05, 0) is 21.0 Å². The molecule has 1 atom stereocenters. The van der Waals surface area contributed by atoms with Crippen LogP contribution >= 0.6 is 11.8 Å². The molecular formula is C27H32OSSi. The quantitative estimate of drug-likeness (QED) is 0.301. The van der Waals surface area contributed by atoms with Gasteiger partial charge in [-0.15, -0.1) is 6.58 Å². The zero-order valence-electron chi connectivity index (χ0n) is 18.3. The summed E-state index contributed by atoms with van der Waals surface area (Å²) in [6, 6.07) is 32.2. The van der Waals surface area contributed by atoms with Gasteiger partial charge in [0.1, 0.15) is 0 Å². The molecule has 3 rings (SSSR count). The van der Waals surface area contributed by atoms with E-state index in [-0.39, 0.29) is 11.1 Å². The largest absolute Gasteiger partial charge is 0.400 e. The molecule has 0 N–H and O–H groups in total. The third-order valence-electron chi connectivity index (χ3n) is 5.40. The van der Waals surface area contributed by atoms with E-state index in [0.29, 0.717) is 0 Å². The average Bonchev–Trinajstić information content (AvgIpc) is 2.77. The van der Waals surface area contributed by atoms with Gasteiger partial charge in [0.2, 0.25) is 0 Å². The van der Waals surface area contributed by atoms with E-state index in [1.54, 1.807) is 0 Å². The van der Waals surface area contributed by atoms with Gasteiger partial charge in [-0.1, -0.05) is 118 Å². The predicted molar refractivity (Wildman–Crippen MR) is 135 cm³/mol. The van der Waals surface area contributed by atoms with Crippen molar-refractivity contribution in [1.82, 2.24) is 0 Å². The lowest BCUT2D eigenvalue weighted by molar-refractivity contribution is 0.256. The molecule has 0 spiro atoms. The summed E-state index contributed by atoms with van der Waals surface area (Å²) in [4.78, 5) is 0. The van der Waals surface area contributed by atoms with Gasteiger partial charge in [-0.25, -0.2) is 0 Å². The van der Waals surface area contributed by atoms with Gasteiger partial charge in [-0.2, -0.15) is 11.8 Å². The van der Waals surface area contributed by atoms with Crippen LogP contribution in [0.25, 0.3) is 0 Å². The van der Waals surface area contributed by atoms with Crippen molar-refractivity contribution in [3.8, 4) is 0 Å². The Morgan fingerprint density at radius 2 is 1.30 bits per heavy atom. The number of thioether (sulfide) groups is 1. The zero-order valence-corrected chi connectivity index (χ0v) is 20.1. The van der Waals surface area contributed by atoms with Crippen LogP contribution in [0.5, 0.6) is 0 Å². The molecular weight excluding hydrogens is 400 g/mol. The van der Waals surface area contributed by atoms with Gasteiger partial charge in [0.15, 0.2) is 0 Å². The summed E-state index contributed by atoms with van der Waals surface area (Å²) >= 11 is 1.91. The minimum absolute atomic E-state index is 0.00924. The van der Waals surface area contributed by atoms with E-state index in [1.807, 2.05) is 17.8 Å². The van der Waals surface area contributed by atoms with Crippen molar-refractivity contribution in [2.75, 3.05) is 5.75 Å². The van der Waals surface area contributed by atoms with Gasteiger partial charge in [0.25, 0.3) is 8.32 Å². The van der Waals surface area contributed by atoms with Crippen molar-refractivity contribution in [3.05, 3.63) is 109 Å². The Morgan fingerprint density at radius 1 is 0.833 bits per heavy atom. The second kappa shape index (κ2) is 10.3. The molecule has 0 fully saturated rings. The molecule has 156 valence electrons. The fourth-order valence-corrected chi connectivity index (χ4v) is 9.69. The Hall–Kier alpha value is -2.07. The lowest BCUT2D eigenvalue weighted by atomic mass is 10.2. The minimum atomic E-state index is -2.55. The molecule has 0 saturated carbocycles. The van der Waals surface area contributed by atoms with E-state index < -0.39 is 8.32 Å². The molecule has 3 heteroatoms. The molecule has 0 heterocycles. The fourth-order valence-electron chi connectivity index (χ4n) is 3.94. The minimum Gasteiger partial charge on any atom is -0.400 e. The lowest BCUT2D eigenvalue weighted by Crippen LogP contribution is -2.67. The standard InChI is InChI=1S/C27H32OSSi/c1-5-24(22-29-21-23-15-9-6-10-16-23)28-30(27(2,3)4,25-17-11-7-12-18-25)26-19-13-8-14-20-26/h5-20,24H,1,21-22H2,2-4H3/t24-/m1/s1. The molecule has 0 aromatic heterocycles. The Labute approximate surface area is 187 Å². The van der Waals surface area contributed by atoms with Gasteiger partial charge < -0.3 is 4.43 Å². The third-order valence-corrected chi connectivity index (χ3v) is 11.6. The van der Waals surface area contributed by atoms with Crippen LogP contribution < -0.4 is 10.4 Å². The third kappa shape index (κ3) is 5.15. The molecule has 0 unspecified atom stereocenters. The van der Waals surface area contributed by atoms with Crippen molar-refractivity contribution in [2.45, 2.75) is 37.7 Å². The van der Waals surface area contributed by atoms with Crippen molar-refractivity contribution in [2.24, 2.45) is 0 Å². The lowest BCUT2D eigenvalue weighted by Gasteiger charge is -2.44. The molecule has 0 bridgehead atoms. The summed E-state index contributed by atoms with van der Waals surface area (Å²) in [6.07, 6.45) is 1.97. The first kappa shape index (κ1) is 22.6. The number of rotatable bonds is 9. The van der Waals surface area contributed by atoms with Crippen LogP contribution in [0, 0.1) is 0 Å². The second-order valence-corrected chi connectivity index (χ2v) is 13.8. The van der Waals surface area contributed by atoms with Crippen molar-refractivity contribution < 1.29 is 4.43 Å². The first-order valence-corrected chi connectivity index (χ1v) is 13.6. The van der Waals surface area contributed by atoms with Gasteiger partial charge >= 0.3 is 0 Å². The summed E-state index contributed by atoms with van der Waals surface area (Å²) < 4.78 is 7.16. The van der Waals surface area contributed by atoms with Crippen LogP contribution in [0.2, 0.25) is 5.04 Å². The maximum Gasteiger partial charge on any atom is 0.261 e. The number of hydrogen-bond acceptors (Lipinski definition) is 2. The molecule has 0 aliphatic rings. The highest BCUT2D eigenvalue weighted by molar-refractivity contribution is 7.98. The highest BCUT2D eigenvalue weighted by Gasteiger charge is 2.51. The normalized spacial score (nSPS) is 13.0. The van der Waals surface area contributed by atoms with Gasteiger partial charge in [-0.3, -0.25) is 0 Å². The molecule has 3 aromatic rings. The topological polar surface area (TPSA) is 9.23 Å². The molecule has 3 aromatic carbocycles. The molecule has 0 saturated heterocycles. The van der Waals surface area contributed by atoms with Crippen LogP contribution in [0.1, 0.15) is 26.3 Å². The van der Waals surface area contributed by atoms with Crippen LogP contribution in [-0.4, -0.2) is 20.2 Å². The molecule has 30 heavy (non-hydrogen) atoms. The van der Waals surface area contributed by atoms with E-state index in [0.717, 1.165) is 11.5 Å². The maximum absolute atomic E-state index is 7.16. The molecule has 0 amide bonds. The van der Waals surface area contributed by atoms with Gasteiger partial charge in [0, 0.05) is 11.5 Å². The van der Waals surface area contributed by atoms with E-state index in [2.05, 4.69) is 118 Å². The van der Waals surface area contributed by atoms with E-state index in [9.17, 15) is 0 Å². The summed E-state index contributed by atoms with van der Waals surface area (Å²) in [5, 5.41) is 2.59. The highest BCUT2D eigenvalue weighted by atomic mass is 32.2. The molecule has 0 radical (unpaired) electrons. The van der Waals surface area contributed by atoms with Crippen LogP contribution in [0.15, 0.2) is 104 Å². The summed E-state index contributed by atoms with van der Waals surface area (Å²) in [5.74, 6) is 1.87. The van der Waals surface area contributed by atoms with Crippen LogP contribution in [0.4, 0.5) is 0 Å². The summed E-state index contributed by atoms with van der Waals surface area (Å²) in [6.45, 7) is 11.1. The van der Waals surface area contributed by atoms with E-state index in [1.165, 1.54) is 15.9 Å². The highest BCUT2D eigenvalue weighted by Crippen LogP contribution is 2.38. The van der Waals surface area contributed by atoms with Gasteiger partial charge in [0.05, 0.1) is 6.10 Å². The second-order valence-electron chi connectivity index (χ2n) is 8.56. The Kier molecular flexibility index (Phi) is 7.76. The molecule has 1 nitrogen and oxygen atoms in total. The fraction of sp³-hybridized carbons (Fsp3) is 0.259. The van der Waals surface area contributed by atoms with Crippen LogP contribution in [-0.2, 0) is 10.2 Å². The zero-order chi connectivity index (χ0) is 21.5. The van der Waals surface area contributed by atoms with E-state index >= 15 is 0 Å². The summed E-state index contributed by atoms with van der Waals surface area (Å²) in [7, 11) is -2.55. The van der Waals surface area contributed by atoms with E-state index in [4.69, 9.17) is 4.43 Å². The maximum atomic E-state index is 7.16. The van der Waals surface area contributed by atoms with Crippen LogP contribution in [0.3, 0.4) is 0 Å². The Balaban J connectivity index is 1.92. The monoisotopic (exact) mass is 432 g/mol. The number of hydrogen-bond donors (Lipinski definition) is 0. The summed E-state index contributed by atoms with van der Waals surface area (Å²) in [5.41, 5.74) is 1.34. The molecule has 0 aliphatic heterocycles. The smallest absolute Gasteiger partial charge is 0.261 e. The SMILES string of the molecule is C=C[C@H](CSCc1ccccc1)O[Si](c1ccccc1)(c1ccccc1)C(C)(C)C. The first-order valence-electron chi connectivity index (χ1n) is 10.5. The first-order chi connectivity index (χ1) is 14.5.